The summed E-state index contributed by atoms with van der Waals surface area (Å²) in [5.74, 6) is -2.58. The number of hydrogen-bond donors (Lipinski definition) is 0. The summed E-state index contributed by atoms with van der Waals surface area (Å²) < 4.78 is 38.6. The van der Waals surface area contributed by atoms with Crippen LogP contribution in [0.15, 0.2) is 18.2 Å². The van der Waals surface area contributed by atoms with Crippen molar-refractivity contribution in [2.75, 3.05) is 20.8 Å². The van der Waals surface area contributed by atoms with Gasteiger partial charge in [0.05, 0.1) is 23.3 Å². The summed E-state index contributed by atoms with van der Waals surface area (Å²) in [6.45, 7) is 0.476. The number of rotatable bonds is 3. The van der Waals surface area contributed by atoms with E-state index >= 15 is 0 Å². The Morgan fingerprint density at radius 3 is 2.78 bits per heavy atom. The van der Waals surface area contributed by atoms with Gasteiger partial charge in [0.25, 0.3) is 5.91 Å². The Labute approximate surface area is 134 Å². The number of ether oxygens (including phenoxy) is 2. The van der Waals surface area contributed by atoms with Crippen LogP contribution < -0.4 is 0 Å². The molecule has 1 aliphatic carbocycles. The summed E-state index contributed by atoms with van der Waals surface area (Å²) in [6.07, 6.45) is 3.06. The third kappa shape index (κ3) is 2.64. The topological polar surface area (TPSA) is 38.8 Å². The minimum absolute atomic E-state index is 0.0500. The van der Waals surface area contributed by atoms with E-state index in [0.29, 0.717) is 19.4 Å². The molecule has 1 aliphatic heterocycles. The molecule has 2 fully saturated rings. The van der Waals surface area contributed by atoms with Gasteiger partial charge in [0, 0.05) is 20.8 Å². The van der Waals surface area contributed by atoms with E-state index in [9.17, 15) is 13.6 Å². The van der Waals surface area contributed by atoms with Crippen molar-refractivity contribution in [2.45, 2.75) is 43.4 Å². The van der Waals surface area contributed by atoms with Crippen LogP contribution in [0.4, 0.5) is 8.78 Å². The van der Waals surface area contributed by atoms with E-state index in [1.807, 2.05) is 0 Å². The fourth-order valence-electron chi connectivity index (χ4n) is 3.94. The van der Waals surface area contributed by atoms with Crippen molar-refractivity contribution in [1.82, 2.24) is 4.90 Å². The van der Waals surface area contributed by atoms with Crippen molar-refractivity contribution >= 4 is 5.91 Å². The Bertz CT molecular complexity index is 610. The number of halogens is 2. The van der Waals surface area contributed by atoms with Gasteiger partial charge >= 0.3 is 0 Å². The van der Waals surface area contributed by atoms with E-state index in [1.54, 1.807) is 19.1 Å². The SMILES string of the molecule is CO[C@H]1CC[C@@]2(OC)CCN(C(=O)c3cccc(F)c3F)[C@H]2C1. The molecule has 1 saturated heterocycles. The van der Waals surface area contributed by atoms with Crippen LogP contribution in [-0.2, 0) is 9.47 Å². The predicted octanol–water partition coefficient (Wildman–Crippen LogP) is 2.76. The van der Waals surface area contributed by atoms with Crippen LogP contribution in [0, 0.1) is 11.6 Å². The summed E-state index contributed by atoms with van der Waals surface area (Å²) >= 11 is 0. The molecule has 1 saturated carbocycles. The minimum Gasteiger partial charge on any atom is -0.381 e. The third-order valence-electron chi connectivity index (χ3n) is 5.32. The number of nitrogens with zero attached hydrogens (tertiary/aromatic N) is 1. The standard InChI is InChI=1S/C17H21F2NO3/c1-22-11-6-7-17(23-2)8-9-20(14(17)10-11)16(21)12-4-3-5-13(18)15(12)19/h3-5,11,14H,6-10H2,1-2H3/t11-,14-,17+/m0/s1. The van der Waals surface area contributed by atoms with Crippen LogP contribution in [0.25, 0.3) is 0 Å². The largest absolute Gasteiger partial charge is 0.381 e. The number of hydrogen-bond acceptors (Lipinski definition) is 3. The summed E-state index contributed by atoms with van der Waals surface area (Å²) in [5, 5.41) is 0. The molecule has 6 heteroatoms. The van der Waals surface area contributed by atoms with Crippen molar-refractivity contribution in [3.63, 3.8) is 0 Å². The van der Waals surface area contributed by atoms with Gasteiger partial charge in [-0.15, -0.1) is 0 Å². The molecule has 3 rings (SSSR count). The lowest BCUT2D eigenvalue weighted by molar-refractivity contribution is -0.0894. The fourth-order valence-corrected chi connectivity index (χ4v) is 3.94. The van der Waals surface area contributed by atoms with E-state index in [2.05, 4.69) is 0 Å². The molecule has 23 heavy (non-hydrogen) atoms. The second kappa shape index (κ2) is 6.17. The molecule has 0 spiro atoms. The van der Waals surface area contributed by atoms with Gasteiger partial charge in [-0.1, -0.05) is 6.07 Å². The number of carbonyl (C=O) groups is 1. The van der Waals surface area contributed by atoms with Gasteiger partial charge in [0.2, 0.25) is 0 Å². The molecule has 126 valence electrons. The summed E-state index contributed by atoms with van der Waals surface area (Å²) in [7, 11) is 3.30. The Morgan fingerprint density at radius 2 is 2.09 bits per heavy atom. The van der Waals surface area contributed by atoms with Gasteiger partial charge in [0.15, 0.2) is 11.6 Å². The number of fused-ring (bicyclic) bond motifs is 1. The van der Waals surface area contributed by atoms with Crippen molar-refractivity contribution < 1.29 is 23.0 Å². The maximum absolute atomic E-state index is 14.0. The van der Waals surface area contributed by atoms with Crippen LogP contribution in [0.1, 0.15) is 36.0 Å². The number of likely N-dealkylation sites (tertiary alicyclic amines) is 1. The van der Waals surface area contributed by atoms with Crippen molar-refractivity contribution in [3.05, 3.63) is 35.4 Å². The number of methoxy groups -OCH3 is 2. The van der Waals surface area contributed by atoms with Gasteiger partial charge in [-0.05, 0) is 37.8 Å². The highest BCUT2D eigenvalue weighted by Crippen LogP contribution is 2.43. The molecule has 3 atom stereocenters. The Hall–Kier alpha value is -1.53. The zero-order valence-corrected chi connectivity index (χ0v) is 13.4. The molecule has 1 amide bonds. The van der Waals surface area contributed by atoms with Crippen molar-refractivity contribution in [3.8, 4) is 0 Å². The first-order valence-corrected chi connectivity index (χ1v) is 7.85. The van der Waals surface area contributed by atoms with Gasteiger partial charge in [-0.2, -0.15) is 0 Å². The quantitative estimate of drug-likeness (QED) is 0.858. The molecule has 4 nitrogen and oxygen atoms in total. The molecule has 0 bridgehead atoms. The molecule has 1 aromatic rings. The van der Waals surface area contributed by atoms with Gasteiger partial charge in [0.1, 0.15) is 0 Å². The average molecular weight is 325 g/mol. The molecule has 1 heterocycles. The molecular weight excluding hydrogens is 304 g/mol. The first-order chi connectivity index (χ1) is 11.0. The number of carbonyl (C=O) groups excluding carboxylic acids is 1. The maximum Gasteiger partial charge on any atom is 0.257 e. The zero-order valence-electron chi connectivity index (χ0n) is 13.4. The lowest BCUT2D eigenvalue weighted by Crippen LogP contribution is -2.53. The average Bonchev–Trinajstić information content (AvgIpc) is 2.95. The van der Waals surface area contributed by atoms with Crippen molar-refractivity contribution in [1.29, 1.82) is 0 Å². The number of amides is 1. The highest BCUT2D eigenvalue weighted by Gasteiger charge is 2.52. The molecule has 0 N–H and O–H groups in total. The minimum atomic E-state index is -1.09. The Balaban J connectivity index is 1.90. The lowest BCUT2D eigenvalue weighted by atomic mass is 9.79. The van der Waals surface area contributed by atoms with E-state index in [-0.39, 0.29) is 17.7 Å². The van der Waals surface area contributed by atoms with E-state index in [4.69, 9.17) is 9.47 Å². The molecule has 1 aromatic carbocycles. The van der Waals surface area contributed by atoms with Gasteiger partial charge in [-0.25, -0.2) is 8.78 Å². The molecular formula is C17H21F2NO3. The lowest BCUT2D eigenvalue weighted by Gasteiger charge is -2.43. The van der Waals surface area contributed by atoms with E-state index in [1.165, 1.54) is 12.1 Å². The highest BCUT2D eigenvalue weighted by atomic mass is 19.2. The van der Waals surface area contributed by atoms with E-state index in [0.717, 1.165) is 18.9 Å². The monoisotopic (exact) mass is 325 g/mol. The van der Waals surface area contributed by atoms with Crippen LogP contribution in [0.5, 0.6) is 0 Å². The summed E-state index contributed by atoms with van der Waals surface area (Å²) in [6, 6.07) is 3.51. The second-order valence-electron chi connectivity index (χ2n) is 6.27. The molecule has 2 aliphatic rings. The molecule has 0 unspecified atom stereocenters. The molecule has 0 radical (unpaired) electrons. The van der Waals surface area contributed by atoms with Gasteiger partial charge in [-0.3, -0.25) is 4.79 Å². The zero-order chi connectivity index (χ0) is 16.6. The van der Waals surface area contributed by atoms with Crippen LogP contribution >= 0.6 is 0 Å². The third-order valence-corrected chi connectivity index (χ3v) is 5.32. The first kappa shape index (κ1) is 16.3. The number of benzene rings is 1. The highest BCUT2D eigenvalue weighted by molar-refractivity contribution is 5.95. The molecule has 0 aromatic heterocycles. The second-order valence-corrected chi connectivity index (χ2v) is 6.27. The van der Waals surface area contributed by atoms with Crippen LogP contribution in [0.2, 0.25) is 0 Å². The maximum atomic E-state index is 14.0. The Morgan fingerprint density at radius 1 is 1.30 bits per heavy atom. The summed E-state index contributed by atoms with van der Waals surface area (Å²) in [4.78, 5) is 14.4. The summed E-state index contributed by atoms with van der Waals surface area (Å²) in [5.41, 5.74) is -0.634. The van der Waals surface area contributed by atoms with Crippen LogP contribution in [-0.4, -0.2) is 49.3 Å². The fraction of sp³-hybridized carbons (Fsp3) is 0.588. The Kier molecular flexibility index (Phi) is 4.38. The van der Waals surface area contributed by atoms with Crippen molar-refractivity contribution in [2.24, 2.45) is 0 Å². The van der Waals surface area contributed by atoms with Gasteiger partial charge < -0.3 is 14.4 Å². The predicted molar refractivity (Wildman–Crippen MR) is 80.2 cm³/mol. The van der Waals surface area contributed by atoms with E-state index < -0.39 is 23.1 Å². The normalized spacial score (nSPS) is 30.3. The van der Waals surface area contributed by atoms with Crippen LogP contribution in [0.3, 0.4) is 0 Å². The first-order valence-electron chi connectivity index (χ1n) is 7.85. The smallest absolute Gasteiger partial charge is 0.257 e.